The summed E-state index contributed by atoms with van der Waals surface area (Å²) < 4.78 is 32.9. The number of benzene rings is 3. The van der Waals surface area contributed by atoms with Crippen molar-refractivity contribution in [2.75, 3.05) is 69.9 Å². The van der Waals surface area contributed by atoms with Crippen LogP contribution in [0.15, 0.2) is 159 Å². The van der Waals surface area contributed by atoms with E-state index >= 15 is 0 Å². The van der Waals surface area contributed by atoms with Gasteiger partial charge in [0, 0.05) is 106 Å². The van der Waals surface area contributed by atoms with Crippen LogP contribution >= 0.6 is 0 Å². The van der Waals surface area contributed by atoms with Crippen molar-refractivity contribution in [2.24, 2.45) is 0 Å². The number of carbonyl (C=O) groups is 3. The summed E-state index contributed by atoms with van der Waals surface area (Å²) in [6, 6.07) is 30.9. The molecule has 9 aromatic heterocycles. The quantitative estimate of drug-likeness (QED) is 0.0549. The summed E-state index contributed by atoms with van der Waals surface area (Å²) in [6.45, 7) is 10.1. The number of aliphatic hydroxyl groups excluding tert-OH is 3. The lowest BCUT2D eigenvalue weighted by Crippen LogP contribution is -2.38. The van der Waals surface area contributed by atoms with Crippen LogP contribution in [0.1, 0.15) is 97.4 Å². The van der Waals surface area contributed by atoms with Crippen molar-refractivity contribution in [1.82, 2.24) is 59.1 Å². The van der Waals surface area contributed by atoms with E-state index in [9.17, 15) is 38.5 Å². The summed E-state index contributed by atoms with van der Waals surface area (Å²) in [7, 11) is 0. The first-order valence-electron chi connectivity index (χ1n) is 34.6. The van der Waals surface area contributed by atoms with E-state index in [2.05, 4.69) is 101 Å². The van der Waals surface area contributed by atoms with E-state index in [4.69, 9.17) is 0 Å². The number of hydrogen-bond acceptors (Lipinski definition) is 18. The van der Waals surface area contributed by atoms with Gasteiger partial charge in [0.15, 0.2) is 0 Å². The minimum atomic E-state index is -0.346. The van der Waals surface area contributed by atoms with Gasteiger partial charge in [-0.25, -0.2) is 38.7 Å². The zero-order chi connectivity index (χ0) is 70.6. The Morgan fingerprint density at radius 2 is 0.825 bits per heavy atom. The molecule has 3 amide bonds. The van der Waals surface area contributed by atoms with Crippen LogP contribution in [0, 0.1) is 25.5 Å². The molecule has 0 saturated carbocycles. The van der Waals surface area contributed by atoms with Gasteiger partial charge in [0.1, 0.15) is 46.0 Å². The predicted molar refractivity (Wildman–Crippen MR) is 390 cm³/mol. The number of hydrogen-bond donors (Lipinski definition) is 9. The SMILES string of the molecule is Cc1ccn2c(-c3ccc(Nc4ccc(N5CCC(O)CC5)cn4)c4c3CNC4=O)cnc2c1C.O=C1NCc2c(-c3cnc4cc(F)ccn34)ccc(Nc3ccc(N4CCC[C@@H](O)C4)cn3)c21.O=C1NCc2c(-c3cnc4cc(F)ccn34)ccc(Nc3ccc(N4CCC[C@H](O)C4)cn3)c21. The normalized spacial score (nSPS) is 17.1. The highest BCUT2D eigenvalue weighted by Gasteiger charge is 2.32. The highest BCUT2D eigenvalue weighted by molar-refractivity contribution is 6.08. The molecule has 0 unspecified atom stereocenters. The lowest BCUT2D eigenvalue weighted by molar-refractivity contribution is 0.0958. The van der Waals surface area contributed by atoms with Crippen LogP contribution in [-0.2, 0) is 19.6 Å². The molecule has 103 heavy (non-hydrogen) atoms. The standard InChI is InChI=1S/C27H28N6O2.2C25H23FN6O2/c1-16-7-12-33-23(15-29-26(33)17(16)2)20-4-5-22(25-21(20)14-30-27(25)35)31-24-6-3-18(13-28-24)32-10-8-19(34)9-11-32;2*26-15-7-9-32-21(13-28-23(32)10-15)18-4-5-20(24-19(18)12-29-25(24)34)30-22-6-3-16(11-27-22)31-8-1-2-17(33)14-31/h3-7,12-13,15,19,34H,8-11,14H2,1-2H3,(H,28,31)(H,30,35);2*3-7,9-11,13,17,33H,1-2,8,12,14H2,(H,27,30)(H,29,34)/t;2*17-/m.10/s1. The number of pyridine rings is 6. The van der Waals surface area contributed by atoms with Crippen molar-refractivity contribution in [2.45, 2.75) is 90.3 Å². The fraction of sp³-hybridized carbons (Fsp3) is 0.260. The van der Waals surface area contributed by atoms with Crippen molar-refractivity contribution >= 4 is 86.2 Å². The molecule has 15 heterocycles. The van der Waals surface area contributed by atoms with Crippen LogP contribution in [0.2, 0.25) is 0 Å². The second kappa shape index (κ2) is 27.6. The van der Waals surface area contributed by atoms with E-state index in [0.717, 1.165) is 149 Å². The molecule has 9 N–H and O–H groups in total. The summed E-state index contributed by atoms with van der Waals surface area (Å²) in [5, 5.41) is 48.3. The number of β-amino-alcohol motifs (C(OH)–C–C–N with tert-alkyl or cyclic N) is 2. The lowest BCUT2D eigenvalue weighted by atomic mass is 9.99. The van der Waals surface area contributed by atoms with Crippen LogP contribution in [0.3, 0.4) is 0 Å². The van der Waals surface area contributed by atoms with Gasteiger partial charge in [0.05, 0.1) is 123 Å². The molecular weight excluding hydrogens is 1310 g/mol. The maximum Gasteiger partial charge on any atom is 0.254 e. The number of nitrogens with zero attached hydrogens (tertiary/aromatic N) is 12. The van der Waals surface area contributed by atoms with E-state index in [1.165, 1.54) is 29.8 Å². The second-order valence-electron chi connectivity index (χ2n) is 26.8. The fourth-order valence-corrected chi connectivity index (χ4v) is 14.7. The number of piperidine rings is 3. The maximum absolute atomic E-state index is 13.6. The largest absolute Gasteiger partial charge is 0.393 e. The molecule has 0 spiro atoms. The molecule has 12 aromatic rings. The Balaban J connectivity index is 0.000000119. The fourth-order valence-electron chi connectivity index (χ4n) is 14.7. The Labute approximate surface area is 590 Å². The number of aliphatic hydroxyl groups is 3. The molecule has 3 fully saturated rings. The molecule has 18 rings (SSSR count). The third-order valence-corrected chi connectivity index (χ3v) is 20.3. The Morgan fingerprint density at radius 3 is 1.23 bits per heavy atom. The molecule has 26 heteroatoms. The minimum absolute atomic E-state index is 0.0892. The van der Waals surface area contributed by atoms with Crippen molar-refractivity contribution in [3.8, 4) is 33.8 Å². The molecule has 3 saturated heterocycles. The zero-order valence-corrected chi connectivity index (χ0v) is 56.5. The average molecular weight is 1390 g/mol. The molecule has 6 aliphatic heterocycles. The van der Waals surface area contributed by atoms with Crippen molar-refractivity contribution < 1.29 is 38.5 Å². The van der Waals surface area contributed by atoms with Crippen LogP contribution in [0.4, 0.5) is 60.4 Å². The maximum atomic E-state index is 13.6. The zero-order valence-electron chi connectivity index (χ0n) is 56.5. The molecule has 0 radical (unpaired) electrons. The van der Waals surface area contributed by atoms with Crippen molar-refractivity contribution in [3.63, 3.8) is 0 Å². The number of rotatable bonds is 12. The van der Waals surface area contributed by atoms with Crippen LogP contribution < -0.4 is 46.6 Å². The number of fused-ring (bicyclic) bond motifs is 6. The third kappa shape index (κ3) is 13.0. The Morgan fingerprint density at radius 1 is 0.427 bits per heavy atom. The molecule has 0 bridgehead atoms. The van der Waals surface area contributed by atoms with Gasteiger partial charge in [-0.2, -0.15) is 0 Å². The molecule has 2 atom stereocenters. The topological polar surface area (TPSA) is 284 Å². The van der Waals surface area contributed by atoms with Gasteiger partial charge in [-0.05, 0) is 153 Å². The predicted octanol–water partition coefficient (Wildman–Crippen LogP) is 10.9. The number of aryl methyl sites for hydroxylation is 2. The van der Waals surface area contributed by atoms with E-state index < -0.39 is 0 Å². The number of imidazole rings is 3. The van der Waals surface area contributed by atoms with Crippen molar-refractivity contribution in [1.29, 1.82) is 0 Å². The van der Waals surface area contributed by atoms with E-state index in [-0.39, 0.29) is 47.7 Å². The molecule has 522 valence electrons. The number of anilines is 9. The van der Waals surface area contributed by atoms with Gasteiger partial charge < -0.3 is 61.9 Å². The summed E-state index contributed by atoms with van der Waals surface area (Å²) in [5.74, 6) is 0.844. The Hall–Kier alpha value is -11.9. The summed E-state index contributed by atoms with van der Waals surface area (Å²) in [5.41, 5.74) is 19.1. The van der Waals surface area contributed by atoms with Crippen molar-refractivity contribution in [3.05, 3.63) is 215 Å². The smallest absolute Gasteiger partial charge is 0.254 e. The summed E-state index contributed by atoms with van der Waals surface area (Å²) in [4.78, 5) is 71.7. The van der Waals surface area contributed by atoms with Gasteiger partial charge in [0.2, 0.25) is 0 Å². The number of amides is 3. The first-order valence-corrected chi connectivity index (χ1v) is 34.6. The second-order valence-corrected chi connectivity index (χ2v) is 26.8. The third-order valence-electron chi connectivity index (χ3n) is 20.3. The van der Waals surface area contributed by atoms with Gasteiger partial charge in [-0.15, -0.1) is 0 Å². The number of halogens is 2. The van der Waals surface area contributed by atoms with Crippen LogP contribution in [-0.4, -0.2) is 134 Å². The number of carbonyl (C=O) groups excluding carboxylic acids is 3. The molecule has 3 aromatic carbocycles. The van der Waals surface area contributed by atoms with Gasteiger partial charge in [-0.1, -0.05) is 18.2 Å². The number of nitrogens with one attached hydrogen (secondary N) is 6. The molecular formula is C77H74F2N18O6. The average Bonchev–Trinajstić information content (AvgIpc) is 1.64. The monoisotopic (exact) mass is 1380 g/mol. The van der Waals surface area contributed by atoms with Gasteiger partial charge in [-0.3, -0.25) is 27.6 Å². The van der Waals surface area contributed by atoms with Gasteiger partial charge in [0.25, 0.3) is 17.7 Å². The summed E-state index contributed by atoms with van der Waals surface area (Å²) in [6.07, 6.45) is 20.3. The van der Waals surface area contributed by atoms with Gasteiger partial charge >= 0.3 is 0 Å². The lowest BCUT2D eigenvalue weighted by Gasteiger charge is -2.31. The van der Waals surface area contributed by atoms with Crippen LogP contribution in [0.5, 0.6) is 0 Å². The minimum Gasteiger partial charge on any atom is -0.393 e. The van der Waals surface area contributed by atoms with E-state index in [1.807, 2.05) is 100 Å². The number of aromatic nitrogens is 9. The highest BCUT2D eigenvalue weighted by atomic mass is 19.1. The van der Waals surface area contributed by atoms with Crippen LogP contribution in [0.25, 0.3) is 50.7 Å². The Kier molecular flexibility index (Phi) is 17.6. The first-order chi connectivity index (χ1) is 50.1. The van der Waals surface area contributed by atoms with E-state index in [0.29, 0.717) is 89.5 Å². The molecule has 6 aliphatic rings. The first kappa shape index (κ1) is 65.7. The molecule has 0 aliphatic carbocycles. The van der Waals surface area contributed by atoms with E-state index in [1.54, 1.807) is 37.2 Å². The summed E-state index contributed by atoms with van der Waals surface area (Å²) >= 11 is 0. The Bertz CT molecular complexity index is 5050. The molecule has 24 nitrogen and oxygen atoms in total. The highest BCUT2D eigenvalue weighted by Crippen LogP contribution is 2.40.